The minimum atomic E-state index is -0.0475. The molecule has 2 atom stereocenters. The van der Waals surface area contributed by atoms with Crippen molar-refractivity contribution in [3.63, 3.8) is 0 Å². The summed E-state index contributed by atoms with van der Waals surface area (Å²) in [5.74, 6) is 2.33. The molecule has 21 heavy (non-hydrogen) atoms. The molecule has 0 spiro atoms. The van der Waals surface area contributed by atoms with Gasteiger partial charge in [-0.1, -0.05) is 12.1 Å². The number of hydrogen-bond acceptors (Lipinski definition) is 6. The predicted octanol–water partition coefficient (Wildman–Crippen LogP) is 2.63. The average Bonchev–Trinajstić information content (AvgIpc) is 2.95. The Balaban J connectivity index is 0.00000220. The number of methoxy groups -OCH3 is 2. The summed E-state index contributed by atoms with van der Waals surface area (Å²) in [6.45, 7) is 3.86. The molecule has 0 saturated carbocycles. The number of aromatic nitrogens is 2. The lowest BCUT2D eigenvalue weighted by atomic mass is 10.1. The Labute approximate surface area is 130 Å². The van der Waals surface area contributed by atoms with E-state index < -0.39 is 0 Å². The van der Waals surface area contributed by atoms with Crippen molar-refractivity contribution in [1.82, 2.24) is 10.1 Å². The highest BCUT2D eigenvalue weighted by Crippen LogP contribution is 2.31. The molecule has 0 amide bonds. The van der Waals surface area contributed by atoms with E-state index in [1.165, 1.54) is 0 Å². The van der Waals surface area contributed by atoms with Crippen LogP contribution < -0.4 is 15.2 Å². The van der Waals surface area contributed by atoms with E-state index >= 15 is 0 Å². The van der Waals surface area contributed by atoms with E-state index in [4.69, 9.17) is 19.7 Å². The van der Waals surface area contributed by atoms with Crippen LogP contribution in [0.3, 0.4) is 0 Å². The van der Waals surface area contributed by atoms with Crippen LogP contribution in [-0.2, 0) is 0 Å². The van der Waals surface area contributed by atoms with Crippen LogP contribution in [0.25, 0.3) is 11.4 Å². The van der Waals surface area contributed by atoms with Gasteiger partial charge in [0.1, 0.15) is 0 Å². The molecule has 0 aliphatic carbocycles. The van der Waals surface area contributed by atoms with Gasteiger partial charge in [-0.05, 0) is 25.1 Å². The van der Waals surface area contributed by atoms with Gasteiger partial charge < -0.3 is 19.7 Å². The van der Waals surface area contributed by atoms with E-state index in [1.807, 2.05) is 26.0 Å². The molecular formula is C14H20ClN3O3. The lowest BCUT2D eigenvalue weighted by Gasteiger charge is -2.09. The fourth-order valence-electron chi connectivity index (χ4n) is 1.74. The average molecular weight is 314 g/mol. The molecule has 7 heteroatoms. The van der Waals surface area contributed by atoms with Crippen molar-refractivity contribution in [1.29, 1.82) is 0 Å². The maximum atomic E-state index is 5.84. The third-order valence-corrected chi connectivity index (χ3v) is 3.26. The van der Waals surface area contributed by atoms with E-state index in [2.05, 4.69) is 10.1 Å². The topological polar surface area (TPSA) is 83.4 Å². The molecule has 1 aromatic heterocycles. The summed E-state index contributed by atoms with van der Waals surface area (Å²) in [6, 6.07) is 5.42. The third kappa shape index (κ3) is 3.65. The molecule has 0 fully saturated rings. The molecule has 0 saturated heterocycles. The van der Waals surface area contributed by atoms with E-state index in [9.17, 15) is 0 Å². The van der Waals surface area contributed by atoms with Gasteiger partial charge in [-0.25, -0.2) is 0 Å². The number of benzene rings is 1. The number of rotatable bonds is 5. The molecule has 116 valence electrons. The van der Waals surface area contributed by atoms with Gasteiger partial charge in [0.2, 0.25) is 11.7 Å². The quantitative estimate of drug-likeness (QED) is 0.913. The molecule has 0 aliphatic heterocycles. The van der Waals surface area contributed by atoms with Gasteiger partial charge in [0.05, 0.1) is 20.1 Å². The number of ether oxygens (including phenoxy) is 2. The molecule has 0 bridgehead atoms. The van der Waals surface area contributed by atoms with Crippen LogP contribution in [-0.4, -0.2) is 30.4 Å². The summed E-state index contributed by atoms with van der Waals surface area (Å²) >= 11 is 0. The van der Waals surface area contributed by atoms with E-state index in [-0.39, 0.29) is 24.4 Å². The molecule has 1 heterocycles. The van der Waals surface area contributed by atoms with Gasteiger partial charge in [0.25, 0.3) is 0 Å². The molecule has 0 aliphatic rings. The lowest BCUT2D eigenvalue weighted by molar-refractivity contribution is 0.346. The lowest BCUT2D eigenvalue weighted by Crippen LogP contribution is -2.22. The fourth-order valence-corrected chi connectivity index (χ4v) is 1.74. The Hall–Kier alpha value is -1.79. The zero-order chi connectivity index (χ0) is 14.7. The van der Waals surface area contributed by atoms with Crippen molar-refractivity contribution in [3.8, 4) is 22.9 Å². The highest BCUT2D eigenvalue weighted by Gasteiger charge is 2.19. The zero-order valence-corrected chi connectivity index (χ0v) is 13.3. The Morgan fingerprint density at radius 3 is 2.38 bits per heavy atom. The van der Waals surface area contributed by atoms with Crippen molar-refractivity contribution in [2.45, 2.75) is 25.8 Å². The predicted molar refractivity (Wildman–Crippen MR) is 82.2 cm³/mol. The first-order valence-corrected chi connectivity index (χ1v) is 6.38. The van der Waals surface area contributed by atoms with Gasteiger partial charge in [-0.3, -0.25) is 0 Å². The fraction of sp³-hybridized carbons (Fsp3) is 0.429. The van der Waals surface area contributed by atoms with E-state index in [1.54, 1.807) is 20.3 Å². The number of nitrogens with zero attached hydrogens (tertiary/aromatic N) is 2. The molecule has 2 aromatic rings. The maximum absolute atomic E-state index is 5.84. The summed E-state index contributed by atoms with van der Waals surface area (Å²) < 4.78 is 15.7. The second-order valence-electron chi connectivity index (χ2n) is 4.67. The van der Waals surface area contributed by atoms with Crippen LogP contribution >= 0.6 is 12.4 Å². The zero-order valence-electron chi connectivity index (χ0n) is 12.5. The van der Waals surface area contributed by atoms with Gasteiger partial charge in [-0.2, -0.15) is 4.98 Å². The second kappa shape index (κ2) is 7.28. The highest BCUT2D eigenvalue weighted by atomic mass is 35.5. The monoisotopic (exact) mass is 313 g/mol. The minimum Gasteiger partial charge on any atom is -0.493 e. The van der Waals surface area contributed by atoms with Crippen molar-refractivity contribution < 1.29 is 14.0 Å². The summed E-state index contributed by atoms with van der Waals surface area (Å²) in [7, 11) is 3.18. The maximum Gasteiger partial charge on any atom is 0.231 e. The third-order valence-electron chi connectivity index (χ3n) is 3.26. The van der Waals surface area contributed by atoms with Crippen molar-refractivity contribution in [2.24, 2.45) is 5.73 Å². The minimum absolute atomic E-state index is 0. The second-order valence-corrected chi connectivity index (χ2v) is 4.67. The first-order valence-electron chi connectivity index (χ1n) is 6.38. The molecule has 0 radical (unpaired) electrons. The largest absolute Gasteiger partial charge is 0.493 e. The molecule has 2 N–H and O–H groups in total. The Kier molecular flexibility index (Phi) is 5.99. The van der Waals surface area contributed by atoms with Crippen LogP contribution in [0.1, 0.15) is 25.7 Å². The van der Waals surface area contributed by atoms with E-state index in [0.717, 1.165) is 5.56 Å². The van der Waals surface area contributed by atoms with E-state index in [0.29, 0.717) is 23.2 Å². The van der Waals surface area contributed by atoms with Crippen LogP contribution in [0.5, 0.6) is 11.5 Å². The summed E-state index contributed by atoms with van der Waals surface area (Å²) in [5.41, 5.74) is 6.64. The highest BCUT2D eigenvalue weighted by molar-refractivity contribution is 5.85. The standard InChI is InChI=1S/C14H19N3O3.ClH/c1-8(9(2)15)14-16-13(17-20-14)10-5-6-11(18-3)12(7-10)19-4;/h5-9H,15H2,1-4H3;1H. The molecule has 1 aromatic carbocycles. The molecule has 2 unspecified atom stereocenters. The Morgan fingerprint density at radius 1 is 1.14 bits per heavy atom. The SMILES string of the molecule is COc1ccc(-c2noc(C(C)C(C)N)n2)cc1OC.Cl. The normalized spacial score (nSPS) is 13.2. The van der Waals surface area contributed by atoms with Crippen molar-refractivity contribution in [3.05, 3.63) is 24.1 Å². The number of hydrogen-bond donors (Lipinski definition) is 1. The first-order chi connectivity index (χ1) is 9.56. The van der Waals surface area contributed by atoms with Gasteiger partial charge in [-0.15, -0.1) is 12.4 Å². The van der Waals surface area contributed by atoms with Crippen LogP contribution in [0.15, 0.2) is 22.7 Å². The van der Waals surface area contributed by atoms with Crippen LogP contribution in [0, 0.1) is 0 Å². The van der Waals surface area contributed by atoms with Gasteiger partial charge in [0.15, 0.2) is 11.5 Å². The van der Waals surface area contributed by atoms with Gasteiger partial charge in [0, 0.05) is 11.6 Å². The number of nitrogens with two attached hydrogens (primary N) is 1. The molecular weight excluding hydrogens is 294 g/mol. The number of halogens is 1. The summed E-state index contributed by atoms with van der Waals surface area (Å²) in [6.07, 6.45) is 0. The van der Waals surface area contributed by atoms with Gasteiger partial charge >= 0.3 is 0 Å². The Morgan fingerprint density at radius 2 is 1.81 bits per heavy atom. The van der Waals surface area contributed by atoms with Crippen LogP contribution in [0.2, 0.25) is 0 Å². The Bertz CT molecular complexity index is 587. The van der Waals surface area contributed by atoms with Crippen molar-refractivity contribution >= 4 is 12.4 Å². The van der Waals surface area contributed by atoms with Crippen LogP contribution in [0.4, 0.5) is 0 Å². The first kappa shape index (κ1) is 17.3. The summed E-state index contributed by atoms with van der Waals surface area (Å²) in [4.78, 5) is 4.38. The smallest absolute Gasteiger partial charge is 0.231 e. The van der Waals surface area contributed by atoms with Crippen molar-refractivity contribution in [2.75, 3.05) is 14.2 Å². The molecule has 6 nitrogen and oxygen atoms in total. The summed E-state index contributed by atoms with van der Waals surface area (Å²) in [5, 5.41) is 3.98. The molecule has 2 rings (SSSR count).